The molecule has 1 atom stereocenters. The van der Waals surface area contributed by atoms with Gasteiger partial charge in [-0.25, -0.2) is 0 Å². The van der Waals surface area contributed by atoms with E-state index < -0.39 is 0 Å². The summed E-state index contributed by atoms with van der Waals surface area (Å²) in [5.41, 5.74) is 2.79. The molecule has 0 amide bonds. The van der Waals surface area contributed by atoms with E-state index in [9.17, 15) is 0 Å². The van der Waals surface area contributed by atoms with Crippen LogP contribution in [0.15, 0.2) is 24.3 Å². The van der Waals surface area contributed by atoms with E-state index in [0.717, 1.165) is 31.9 Å². The molecule has 0 fully saturated rings. The summed E-state index contributed by atoms with van der Waals surface area (Å²) in [4.78, 5) is 0. The van der Waals surface area contributed by atoms with Crippen molar-refractivity contribution in [3.05, 3.63) is 35.4 Å². The highest BCUT2D eigenvalue weighted by Crippen LogP contribution is 2.15. The van der Waals surface area contributed by atoms with E-state index >= 15 is 0 Å². The molecule has 0 heterocycles. The zero-order chi connectivity index (χ0) is 15.0. The van der Waals surface area contributed by atoms with Crippen molar-refractivity contribution in [3.8, 4) is 0 Å². The van der Waals surface area contributed by atoms with Crippen molar-refractivity contribution in [2.24, 2.45) is 5.92 Å². The molecule has 2 nitrogen and oxygen atoms in total. The van der Waals surface area contributed by atoms with Crippen molar-refractivity contribution in [2.45, 2.75) is 59.6 Å². The molecule has 0 aliphatic heterocycles. The van der Waals surface area contributed by atoms with Gasteiger partial charge in [0, 0.05) is 12.6 Å². The second-order valence-electron chi connectivity index (χ2n) is 6.29. The summed E-state index contributed by atoms with van der Waals surface area (Å²) in [6.07, 6.45) is 2.56. The molecule has 1 aromatic rings. The monoisotopic (exact) mass is 277 g/mol. The van der Waals surface area contributed by atoms with Gasteiger partial charge in [-0.3, -0.25) is 0 Å². The lowest BCUT2D eigenvalue weighted by Crippen LogP contribution is -2.21. The lowest BCUT2D eigenvalue weighted by atomic mass is 10.00. The first-order chi connectivity index (χ1) is 9.49. The van der Waals surface area contributed by atoms with Crippen molar-refractivity contribution in [1.82, 2.24) is 5.32 Å². The first-order valence-corrected chi connectivity index (χ1v) is 7.93. The molecule has 0 spiro atoms. The average molecular weight is 277 g/mol. The van der Waals surface area contributed by atoms with Gasteiger partial charge in [0.15, 0.2) is 0 Å². The highest BCUT2D eigenvalue weighted by atomic mass is 16.5. The summed E-state index contributed by atoms with van der Waals surface area (Å²) in [6.45, 7) is 12.7. The molecule has 0 bridgehead atoms. The number of benzene rings is 1. The molecule has 0 aliphatic rings. The van der Waals surface area contributed by atoms with Gasteiger partial charge in [-0.1, -0.05) is 38.1 Å². The quantitative estimate of drug-likeness (QED) is 0.678. The van der Waals surface area contributed by atoms with E-state index in [1.165, 1.54) is 11.1 Å². The Balaban J connectivity index is 2.30. The van der Waals surface area contributed by atoms with Crippen LogP contribution in [0.25, 0.3) is 0 Å². The molecule has 0 aliphatic carbocycles. The van der Waals surface area contributed by atoms with Crippen LogP contribution in [0.4, 0.5) is 0 Å². The summed E-state index contributed by atoms with van der Waals surface area (Å²) in [7, 11) is 0. The van der Waals surface area contributed by atoms with Crippen LogP contribution < -0.4 is 5.32 Å². The zero-order valence-corrected chi connectivity index (χ0v) is 13.8. The van der Waals surface area contributed by atoms with E-state index in [4.69, 9.17) is 4.74 Å². The van der Waals surface area contributed by atoms with Gasteiger partial charge >= 0.3 is 0 Å². The molecule has 1 rings (SSSR count). The molecule has 0 saturated carbocycles. The Morgan fingerprint density at radius 1 is 1.00 bits per heavy atom. The van der Waals surface area contributed by atoms with Crippen LogP contribution in [0.2, 0.25) is 0 Å². The van der Waals surface area contributed by atoms with E-state index in [0.29, 0.717) is 12.1 Å². The first kappa shape index (κ1) is 17.2. The molecule has 2 heteroatoms. The molecular formula is C18H31NO. The summed E-state index contributed by atoms with van der Waals surface area (Å²) in [5.74, 6) is 0.720. The van der Waals surface area contributed by atoms with Crippen LogP contribution in [0.3, 0.4) is 0 Å². The number of rotatable bonds is 9. The summed E-state index contributed by atoms with van der Waals surface area (Å²) in [5, 5.41) is 3.55. The number of hydrogen-bond acceptors (Lipinski definition) is 2. The fraction of sp³-hybridized carbons (Fsp3) is 0.667. The third-order valence-electron chi connectivity index (χ3n) is 3.35. The Morgan fingerprint density at radius 2 is 1.65 bits per heavy atom. The molecule has 0 radical (unpaired) electrons. The van der Waals surface area contributed by atoms with Gasteiger partial charge in [-0.2, -0.15) is 0 Å². The lowest BCUT2D eigenvalue weighted by molar-refractivity contribution is 0.0768. The van der Waals surface area contributed by atoms with Crippen LogP contribution in [-0.4, -0.2) is 19.3 Å². The smallest absolute Gasteiger partial charge is 0.0518 e. The van der Waals surface area contributed by atoms with Crippen molar-refractivity contribution >= 4 is 0 Å². The summed E-state index contributed by atoms with van der Waals surface area (Å²) in [6, 6.07) is 9.42. The molecule has 1 aromatic carbocycles. The second-order valence-corrected chi connectivity index (χ2v) is 6.29. The zero-order valence-electron chi connectivity index (χ0n) is 13.8. The van der Waals surface area contributed by atoms with Crippen LogP contribution >= 0.6 is 0 Å². The van der Waals surface area contributed by atoms with Crippen molar-refractivity contribution < 1.29 is 4.74 Å². The maximum absolute atomic E-state index is 5.54. The standard InChI is InChI=1S/C18H31NO/c1-14(2)13-17-7-9-18(10-8-17)16(5)19-11-6-12-20-15(3)4/h7-10,14-16,19H,6,11-13H2,1-5H3. The minimum Gasteiger partial charge on any atom is -0.379 e. The SMILES string of the molecule is CC(C)Cc1ccc(C(C)NCCCOC(C)C)cc1. The van der Waals surface area contributed by atoms with Gasteiger partial charge in [0.1, 0.15) is 0 Å². The Bertz CT molecular complexity index is 356. The largest absolute Gasteiger partial charge is 0.379 e. The van der Waals surface area contributed by atoms with E-state index in [1.54, 1.807) is 0 Å². The van der Waals surface area contributed by atoms with E-state index in [1.807, 2.05) is 0 Å². The van der Waals surface area contributed by atoms with Crippen LogP contribution in [0.1, 0.15) is 58.2 Å². The van der Waals surface area contributed by atoms with Gasteiger partial charge in [-0.15, -0.1) is 0 Å². The molecule has 20 heavy (non-hydrogen) atoms. The van der Waals surface area contributed by atoms with Gasteiger partial charge in [0.25, 0.3) is 0 Å². The Kier molecular flexibility index (Phi) is 7.86. The van der Waals surface area contributed by atoms with Gasteiger partial charge in [-0.05, 0) is 57.2 Å². The Labute approximate surface area is 124 Å². The number of ether oxygens (including phenoxy) is 1. The topological polar surface area (TPSA) is 21.3 Å². The normalized spacial score (nSPS) is 13.2. The second kappa shape index (κ2) is 9.15. The van der Waals surface area contributed by atoms with Crippen molar-refractivity contribution in [3.63, 3.8) is 0 Å². The molecule has 1 N–H and O–H groups in total. The van der Waals surface area contributed by atoms with Gasteiger partial charge in [0.05, 0.1) is 6.10 Å². The molecule has 0 saturated heterocycles. The van der Waals surface area contributed by atoms with Crippen LogP contribution in [0.5, 0.6) is 0 Å². The third-order valence-corrected chi connectivity index (χ3v) is 3.35. The molecule has 1 unspecified atom stereocenters. The highest BCUT2D eigenvalue weighted by Gasteiger charge is 2.05. The maximum Gasteiger partial charge on any atom is 0.0518 e. The lowest BCUT2D eigenvalue weighted by Gasteiger charge is -2.15. The Morgan fingerprint density at radius 3 is 2.20 bits per heavy atom. The van der Waals surface area contributed by atoms with Gasteiger partial charge < -0.3 is 10.1 Å². The number of hydrogen-bond donors (Lipinski definition) is 1. The highest BCUT2D eigenvalue weighted by molar-refractivity contribution is 5.25. The van der Waals surface area contributed by atoms with Crippen LogP contribution in [-0.2, 0) is 11.2 Å². The predicted octanol–water partition coefficient (Wildman–Crippen LogP) is 4.35. The summed E-state index contributed by atoms with van der Waals surface area (Å²) >= 11 is 0. The minimum atomic E-state index is 0.334. The fourth-order valence-electron chi connectivity index (χ4n) is 2.24. The molecule has 0 aromatic heterocycles. The maximum atomic E-state index is 5.54. The van der Waals surface area contributed by atoms with E-state index in [2.05, 4.69) is 64.2 Å². The minimum absolute atomic E-state index is 0.334. The third kappa shape index (κ3) is 7.06. The number of nitrogens with one attached hydrogen (secondary N) is 1. The predicted molar refractivity (Wildman–Crippen MR) is 87.1 cm³/mol. The van der Waals surface area contributed by atoms with E-state index in [-0.39, 0.29) is 0 Å². The summed E-state index contributed by atoms with van der Waals surface area (Å²) < 4.78 is 5.54. The molecule has 114 valence electrons. The van der Waals surface area contributed by atoms with Crippen molar-refractivity contribution in [1.29, 1.82) is 0 Å². The van der Waals surface area contributed by atoms with Crippen LogP contribution in [0, 0.1) is 5.92 Å². The first-order valence-electron chi connectivity index (χ1n) is 7.93. The van der Waals surface area contributed by atoms with Gasteiger partial charge in [0.2, 0.25) is 0 Å². The average Bonchev–Trinajstić information content (AvgIpc) is 2.38. The molecular weight excluding hydrogens is 246 g/mol. The van der Waals surface area contributed by atoms with Crippen molar-refractivity contribution in [2.75, 3.05) is 13.2 Å². The Hall–Kier alpha value is -0.860. The fourth-order valence-corrected chi connectivity index (χ4v) is 2.24.